The van der Waals surface area contributed by atoms with Crippen molar-refractivity contribution in [1.29, 1.82) is 0 Å². The second kappa shape index (κ2) is 6.47. The van der Waals surface area contributed by atoms with Crippen molar-refractivity contribution in [3.8, 4) is 5.75 Å². The maximum atomic E-state index is 12.4. The number of carbonyl (C=O) groups is 2. The molecule has 0 atom stereocenters. The maximum absolute atomic E-state index is 12.4. The molecular weight excluding hydrogens is 316 g/mol. The number of rotatable bonds is 6. The molecule has 1 aromatic carbocycles. The predicted molar refractivity (Wildman–Crippen MR) is 93.5 cm³/mol. The lowest BCUT2D eigenvalue weighted by Gasteiger charge is -2.56. The first kappa shape index (κ1) is 16.6. The summed E-state index contributed by atoms with van der Waals surface area (Å²) in [6.45, 7) is -0.203. The third-order valence-electron chi connectivity index (χ3n) is 6.46. The fourth-order valence-corrected chi connectivity index (χ4v) is 5.96. The molecule has 0 unspecified atom stereocenters. The van der Waals surface area contributed by atoms with Crippen LogP contribution >= 0.6 is 0 Å². The van der Waals surface area contributed by atoms with Crippen LogP contribution < -0.4 is 4.74 Å². The quantitative estimate of drug-likeness (QED) is 0.578. The Bertz CT molecular complexity index is 643. The molecule has 0 aromatic heterocycles. The van der Waals surface area contributed by atoms with E-state index in [-0.39, 0.29) is 23.8 Å². The van der Waals surface area contributed by atoms with Gasteiger partial charge in [0.15, 0.2) is 6.61 Å². The summed E-state index contributed by atoms with van der Waals surface area (Å²) < 4.78 is 10.6. The average molecular weight is 342 g/mol. The molecule has 1 aromatic rings. The second-order valence-electron chi connectivity index (χ2n) is 8.38. The van der Waals surface area contributed by atoms with Gasteiger partial charge in [-0.2, -0.15) is 0 Å². The topological polar surface area (TPSA) is 52.6 Å². The SMILES string of the molecule is COc1ccccc1C(=O)COC(=O)CC12CC3CC(CC(C3)C1)C2. The molecule has 0 N–H and O–H groups in total. The van der Waals surface area contributed by atoms with E-state index in [1.54, 1.807) is 18.2 Å². The zero-order valence-corrected chi connectivity index (χ0v) is 14.8. The normalized spacial score (nSPS) is 32.4. The molecule has 0 aliphatic heterocycles. The largest absolute Gasteiger partial charge is 0.496 e. The van der Waals surface area contributed by atoms with E-state index < -0.39 is 0 Å². The van der Waals surface area contributed by atoms with Crippen molar-refractivity contribution in [1.82, 2.24) is 0 Å². The van der Waals surface area contributed by atoms with Crippen molar-refractivity contribution in [3.63, 3.8) is 0 Å². The summed E-state index contributed by atoms with van der Waals surface area (Å²) in [5.41, 5.74) is 0.617. The number of benzene rings is 1. The molecule has 0 amide bonds. The molecule has 0 spiro atoms. The van der Waals surface area contributed by atoms with E-state index in [0.29, 0.717) is 17.7 Å². The minimum Gasteiger partial charge on any atom is -0.496 e. The minimum atomic E-state index is -0.217. The predicted octanol–water partition coefficient (Wildman–Crippen LogP) is 4.03. The van der Waals surface area contributed by atoms with Gasteiger partial charge in [0.25, 0.3) is 0 Å². The van der Waals surface area contributed by atoms with Gasteiger partial charge in [0.1, 0.15) is 5.75 Å². The number of ether oxygens (including phenoxy) is 2. The Balaban J connectivity index is 1.34. The summed E-state index contributed by atoms with van der Waals surface area (Å²) in [6, 6.07) is 7.04. The Kier molecular flexibility index (Phi) is 4.30. The van der Waals surface area contributed by atoms with Gasteiger partial charge < -0.3 is 9.47 Å². The van der Waals surface area contributed by atoms with Crippen molar-refractivity contribution < 1.29 is 19.1 Å². The van der Waals surface area contributed by atoms with Crippen molar-refractivity contribution >= 4 is 11.8 Å². The van der Waals surface area contributed by atoms with Gasteiger partial charge >= 0.3 is 5.97 Å². The van der Waals surface area contributed by atoms with E-state index >= 15 is 0 Å². The molecule has 5 rings (SSSR count). The smallest absolute Gasteiger partial charge is 0.306 e. The van der Waals surface area contributed by atoms with Crippen molar-refractivity contribution in [3.05, 3.63) is 29.8 Å². The fraction of sp³-hybridized carbons (Fsp3) is 0.619. The molecule has 4 aliphatic carbocycles. The van der Waals surface area contributed by atoms with Crippen LogP contribution in [0.2, 0.25) is 0 Å². The fourth-order valence-electron chi connectivity index (χ4n) is 5.96. The van der Waals surface area contributed by atoms with Gasteiger partial charge in [-0.25, -0.2) is 0 Å². The first-order valence-corrected chi connectivity index (χ1v) is 9.39. The number of hydrogen-bond acceptors (Lipinski definition) is 4. The van der Waals surface area contributed by atoms with Crippen LogP contribution in [0, 0.1) is 23.2 Å². The number of para-hydroxylation sites is 1. The summed E-state index contributed by atoms with van der Waals surface area (Å²) in [5.74, 6) is 2.53. The van der Waals surface area contributed by atoms with E-state index in [1.165, 1.54) is 45.6 Å². The third-order valence-corrected chi connectivity index (χ3v) is 6.46. The van der Waals surface area contributed by atoms with Crippen LogP contribution in [0.1, 0.15) is 55.3 Å². The number of hydrogen-bond donors (Lipinski definition) is 0. The van der Waals surface area contributed by atoms with E-state index in [9.17, 15) is 9.59 Å². The van der Waals surface area contributed by atoms with Crippen LogP contribution in [-0.2, 0) is 9.53 Å². The van der Waals surface area contributed by atoms with Crippen LogP contribution in [0.5, 0.6) is 5.75 Å². The lowest BCUT2D eigenvalue weighted by Crippen LogP contribution is -2.47. The van der Waals surface area contributed by atoms with Crippen LogP contribution in [0.3, 0.4) is 0 Å². The number of esters is 1. The monoisotopic (exact) mass is 342 g/mol. The van der Waals surface area contributed by atoms with Gasteiger partial charge in [-0.05, 0) is 73.8 Å². The molecule has 4 aliphatic rings. The van der Waals surface area contributed by atoms with Gasteiger partial charge in [0.05, 0.1) is 19.1 Å². The second-order valence-corrected chi connectivity index (χ2v) is 8.38. The highest BCUT2D eigenvalue weighted by Gasteiger charge is 2.51. The average Bonchev–Trinajstić information content (AvgIpc) is 2.58. The lowest BCUT2D eigenvalue weighted by atomic mass is 9.49. The van der Waals surface area contributed by atoms with E-state index in [4.69, 9.17) is 9.47 Å². The van der Waals surface area contributed by atoms with Gasteiger partial charge in [-0.15, -0.1) is 0 Å². The Labute approximate surface area is 148 Å². The van der Waals surface area contributed by atoms with Crippen molar-refractivity contribution in [2.75, 3.05) is 13.7 Å². The summed E-state index contributed by atoms with van der Waals surface area (Å²) in [6.07, 6.45) is 8.09. The zero-order chi connectivity index (χ0) is 17.4. The van der Waals surface area contributed by atoms with E-state index in [1.807, 2.05) is 6.07 Å². The molecule has 0 radical (unpaired) electrons. The number of carbonyl (C=O) groups excluding carboxylic acids is 2. The highest BCUT2D eigenvalue weighted by molar-refractivity contribution is 6.00. The molecule has 0 saturated heterocycles. The molecule has 4 bridgehead atoms. The first-order chi connectivity index (χ1) is 12.1. The highest BCUT2D eigenvalue weighted by atomic mass is 16.5. The Morgan fingerprint density at radius 1 is 1.04 bits per heavy atom. The summed E-state index contributed by atoms with van der Waals surface area (Å²) in [5, 5.41) is 0. The molecule has 4 heteroatoms. The van der Waals surface area contributed by atoms with Gasteiger partial charge in [-0.1, -0.05) is 12.1 Å². The third kappa shape index (κ3) is 3.31. The number of ketones is 1. The number of Topliss-reactive ketones (excluding diaryl/α,β-unsaturated/α-hetero) is 1. The highest BCUT2D eigenvalue weighted by Crippen LogP contribution is 2.61. The van der Waals surface area contributed by atoms with Crippen LogP contribution in [-0.4, -0.2) is 25.5 Å². The Hall–Kier alpha value is -1.84. The maximum Gasteiger partial charge on any atom is 0.306 e. The molecular formula is C21H26O4. The van der Waals surface area contributed by atoms with Crippen LogP contribution in [0.25, 0.3) is 0 Å². The molecule has 0 heterocycles. The van der Waals surface area contributed by atoms with Crippen molar-refractivity contribution in [2.45, 2.75) is 44.9 Å². The summed E-state index contributed by atoms with van der Waals surface area (Å²) in [7, 11) is 1.53. The summed E-state index contributed by atoms with van der Waals surface area (Å²) >= 11 is 0. The molecule has 25 heavy (non-hydrogen) atoms. The first-order valence-electron chi connectivity index (χ1n) is 9.39. The summed E-state index contributed by atoms with van der Waals surface area (Å²) in [4.78, 5) is 24.7. The van der Waals surface area contributed by atoms with E-state index in [0.717, 1.165) is 17.8 Å². The Morgan fingerprint density at radius 3 is 2.24 bits per heavy atom. The van der Waals surface area contributed by atoms with Gasteiger partial charge in [0, 0.05) is 0 Å². The van der Waals surface area contributed by atoms with E-state index in [2.05, 4.69) is 0 Å². The number of methoxy groups -OCH3 is 1. The standard InChI is InChI=1S/C21H26O4/c1-24-19-5-3-2-4-17(19)18(22)13-25-20(23)12-21-9-14-6-15(10-21)8-16(7-14)11-21/h2-5,14-16H,6-13H2,1H3. The van der Waals surface area contributed by atoms with Gasteiger partial charge in [0.2, 0.25) is 5.78 Å². The zero-order valence-electron chi connectivity index (χ0n) is 14.8. The van der Waals surface area contributed by atoms with Crippen LogP contribution in [0.4, 0.5) is 0 Å². The van der Waals surface area contributed by atoms with Gasteiger partial charge in [-0.3, -0.25) is 9.59 Å². The minimum absolute atomic E-state index is 0.152. The van der Waals surface area contributed by atoms with Crippen LogP contribution in [0.15, 0.2) is 24.3 Å². The molecule has 4 nitrogen and oxygen atoms in total. The molecule has 134 valence electrons. The lowest BCUT2D eigenvalue weighted by molar-refractivity contribution is -0.150. The molecule has 4 fully saturated rings. The molecule has 4 saturated carbocycles. The Morgan fingerprint density at radius 2 is 1.64 bits per heavy atom. The van der Waals surface area contributed by atoms with Crippen molar-refractivity contribution in [2.24, 2.45) is 23.2 Å².